The summed E-state index contributed by atoms with van der Waals surface area (Å²) in [7, 11) is 0. The molecule has 7 heteroatoms. The Morgan fingerprint density at radius 3 is 2.37 bits per heavy atom. The van der Waals surface area contributed by atoms with Gasteiger partial charge in [-0.1, -0.05) is 0 Å². The molecule has 0 atom stereocenters. The molecule has 0 aromatic carbocycles. The highest BCUT2D eigenvalue weighted by Crippen LogP contribution is 2.19. The van der Waals surface area contributed by atoms with Crippen molar-refractivity contribution in [3.8, 4) is 0 Å². The third kappa shape index (κ3) is 6.07. The van der Waals surface area contributed by atoms with Crippen molar-refractivity contribution in [2.75, 3.05) is 32.8 Å². The Balaban J connectivity index is 4.65. The third-order valence-corrected chi connectivity index (χ3v) is 2.66. The lowest BCUT2D eigenvalue weighted by Crippen LogP contribution is -2.44. The van der Waals surface area contributed by atoms with Crippen LogP contribution in [0.4, 0.5) is 8.78 Å². The van der Waals surface area contributed by atoms with Gasteiger partial charge >= 0.3 is 5.97 Å². The molecular weight excluding hydrogens is 260 g/mol. The highest BCUT2D eigenvalue weighted by molar-refractivity contribution is 6.03. The first kappa shape index (κ1) is 17.9. The molecule has 0 saturated heterocycles. The van der Waals surface area contributed by atoms with Crippen molar-refractivity contribution >= 4 is 11.8 Å². The van der Waals surface area contributed by atoms with Gasteiger partial charge in [0.1, 0.15) is 5.41 Å². The van der Waals surface area contributed by atoms with Crippen LogP contribution in [0.25, 0.3) is 0 Å². The Kier molecular flexibility index (Phi) is 7.70. The number of ketones is 1. The van der Waals surface area contributed by atoms with E-state index in [1.807, 2.05) is 0 Å². The Hall–Kier alpha value is -1.08. The minimum Gasteiger partial charge on any atom is -0.465 e. The summed E-state index contributed by atoms with van der Waals surface area (Å²) in [6.45, 7) is 3.23. The molecule has 1 N–H and O–H groups in total. The van der Waals surface area contributed by atoms with Gasteiger partial charge in [0.15, 0.2) is 5.78 Å². The minimum atomic E-state index is -2.61. The smallest absolute Gasteiger partial charge is 0.319 e. The molecule has 0 bridgehead atoms. The average molecular weight is 281 g/mol. The molecule has 0 fully saturated rings. The standard InChI is InChI=1S/C12H21F2NO4/c1-4-19-11(18)12(2,3)9(17)7-15(5-6-16)8-10(13)14/h10,16H,4-8H2,1-3H3. The minimum absolute atomic E-state index is 0.0466. The summed E-state index contributed by atoms with van der Waals surface area (Å²) in [4.78, 5) is 24.7. The molecule has 0 rings (SSSR count). The van der Waals surface area contributed by atoms with Crippen LogP contribution in [0.5, 0.6) is 0 Å². The van der Waals surface area contributed by atoms with Gasteiger partial charge in [0.25, 0.3) is 6.43 Å². The van der Waals surface area contributed by atoms with Crippen LogP contribution in [0, 0.1) is 5.41 Å². The lowest BCUT2D eigenvalue weighted by Gasteiger charge is -2.26. The predicted octanol–water partition coefficient (Wildman–Crippen LogP) is 0.704. The number of carbonyl (C=O) groups is 2. The van der Waals surface area contributed by atoms with Crippen molar-refractivity contribution in [2.24, 2.45) is 5.41 Å². The number of rotatable bonds is 9. The van der Waals surface area contributed by atoms with Crippen LogP contribution in [0.3, 0.4) is 0 Å². The second kappa shape index (κ2) is 8.16. The maximum absolute atomic E-state index is 12.3. The molecule has 0 spiro atoms. The molecule has 0 amide bonds. The largest absolute Gasteiger partial charge is 0.465 e. The van der Waals surface area contributed by atoms with Gasteiger partial charge in [0.2, 0.25) is 0 Å². The van der Waals surface area contributed by atoms with Gasteiger partial charge in [0.05, 0.1) is 26.3 Å². The molecule has 0 aliphatic rings. The van der Waals surface area contributed by atoms with E-state index in [0.717, 1.165) is 4.90 Å². The topological polar surface area (TPSA) is 66.8 Å². The number of aliphatic hydroxyl groups is 1. The van der Waals surface area contributed by atoms with E-state index in [4.69, 9.17) is 9.84 Å². The van der Waals surface area contributed by atoms with Gasteiger partial charge in [-0.25, -0.2) is 8.78 Å². The van der Waals surface area contributed by atoms with Crippen molar-refractivity contribution in [2.45, 2.75) is 27.2 Å². The van der Waals surface area contributed by atoms with Gasteiger partial charge in [-0.15, -0.1) is 0 Å². The van der Waals surface area contributed by atoms with Crippen LogP contribution in [0.2, 0.25) is 0 Å². The number of nitrogens with zero attached hydrogens (tertiary/aromatic N) is 1. The van der Waals surface area contributed by atoms with Crippen LogP contribution in [-0.2, 0) is 14.3 Å². The van der Waals surface area contributed by atoms with E-state index in [9.17, 15) is 18.4 Å². The van der Waals surface area contributed by atoms with Crippen molar-refractivity contribution in [1.29, 1.82) is 0 Å². The number of carbonyl (C=O) groups excluding carboxylic acids is 2. The molecular formula is C12H21F2NO4. The van der Waals surface area contributed by atoms with Crippen LogP contribution in [0.15, 0.2) is 0 Å². The fourth-order valence-corrected chi connectivity index (χ4v) is 1.40. The van der Waals surface area contributed by atoms with E-state index in [1.54, 1.807) is 6.92 Å². The maximum atomic E-state index is 12.3. The van der Waals surface area contributed by atoms with Gasteiger partial charge < -0.3 is 9.84 Å². The number of hydrogen-bond donors (Lipinski definition) is 1. The normalized spacial score (nSPS) is 12.0. The zero-order chi connectivity index (χ0) is 15.1. The fraction of sp³-hybridized carbons (Fsp3) is 0.833. The molecule has 0 heterocycles. The first-order valence-electron chi connectivity index (χ1n) is 6.07. The van der Waals surface area contributed by atoms with E-state index < -0.39 is 30.1 Å². The zero-order valence-electron chi connectivity index (χ0n) is 11.5. The monoisotopic (exact) mass is 281 g/mol. The predicted molar refractivity (Wildman–Crippen MR) is 65.0 cm³/mol. The van der Waals surface area contributed by atoms with Crippen molar-refractivity contribution in [1.82, 2.24) is 4.90 Å². The van der Waals surface area contributed by atoms with Crippen molar-refractivity contribution < 1.29 is 28.2 Å². The summed E-state index contributed by atoms with van der Waals surface area (Å²) in [5, 5.41) is 8.77. The van der Waals surface area contributed by atoms with E-state index in [2.05, 4.69) is 0 Å². The molecule has 0 unspecified atom stereocenters. The lowest BCUT2D eigenvalue weighted by atomic mass is 9.88. The highest BCUT2D eigenvalue weighted by Gasteiger charge is 2.38. The van der Waals surface area contributed by atoms with Crippen LogP contribution in [-0.4, -0.2) is 61.0 Å². The number of hydrogen-bond acceptors (Lipinski definition) is 5. The molecule has 0 aromatic heterocycles. The zero-order valence-corrected chi connectivity index (χ0v) is 11.5. The summed E-state index contributed by atoms with van der Waals surface area (Å²) in [5.74, 6) is -1.19. The summed E-state index contributed by atoms with van der Waals surface area (Å²) in [6, 6.07) is 0. The summed E-state index contributed by atoms with van der Waals surface area (Å²) in [6.07, 6.45) is -2.61. The molecule has 19 heavy (non-hydrogen) atoms. The number of halogens is 2. The van der Waals surface area contributed by atoms with Crippen molar-refractivity contribution in [3.63, 3.8) is 0 Å². The Bertz CT molecular complexity index is 308. The number of alkyl halides is 2. The SMILES string of the molecule is CCOC(=O)C(C)(C)C(=O)CN(CCO)CC(F)F. The van der Waals surface area contributed by atoms with Gasteiger partial charge in [0, 0.05) is 6.54 Å². The fourth-order valence-electron chi connectivity index (χ4n) is 1.40. The maximum Gasteiger partial charge on any atom is 0.319 e. The molecule has 112 valence electrons. The Labute approximate surface area is 111 Å². The summed E-state index contributed by atoms with van der Waals surface area (Å²) >= 11 is 0. The number of aliphatic hydroxyl groups excluding tert-OH is 1. The van der Waals surface area contributed by atoms with E-state index in [-0.39, 0.29) is 26.3 Å². The molecule has 0 saturated carbocycles. The molecule has 0 aromatic rings. The Morgan fingerprint density at radius 1 is 1.37 bits per heavy atom. The van der Waals surface area contributed by atoms with Crippen LogP contribution < -0.4 is 0 Å². The highest BCUT2D eigenvalue weighted by atomic mass is 19.3. The molecule has 5 nitrogen and oxygen atoms in total. The summed E-state index contributed by atoms with van der Waals surface area (Å²) < 4.78 is 29.4. The molecule has 0 aliphatic heterocycles. The summed E-state index contributed by atoms with van der Waals surface area (Å²) in [5.41, 5.74) is -1.38. The number of ether oxygens (including phenoxy) is 1. The van der Waals surface area contributed by atoms with Crippen molar-refractivity contribution in [3.05, 3.63) is 0 Å². The van der Waals surface area contributed by atoms with Crippen LogP contribution >= 0.6 is 0 Å². The number of esters is 1. The lowest BCUT2D eigenvalue weighted by molar-refractivity contribution is -0.158. The van der Waals surface area contributed by atoms with Gasteiger partial charge in [-0.2, -0.15) is 0 Å². The Morgan fingerprint density at radius 2 is 1.95 bits per heavy atom. The molecule has 0 radical (unpaired) electrons. The van der Waals surface area contributed by atoms with E-state index >= 15 is 0 Å². The first-order valence-corrected chi connectivity index (χ1v) is 6.07. The van der Waals surface area contributed by atoms with E-state index in [1.165, 1.54) is 13.8 Å². The van der Waals surface area contributed by atoms with Gasteiger partial charge in [-0.05, 0) is 20.8 Å². The van der Waals surface area contributed by atoms with Gasteiger partial charge in [-0.3, -0.25) is 14.5 Å². The van der Waals surface area contributed by atoms with Crippen LogP contribution in [0.1, 0.15) is 20.8 Å². The quantitative estimate of drug-likeness (QED) is 0.498. The number of Topliss-reactive ketones (excluding diaryl/α,β-unsaturated/α-hetero) is 1. The third-order valence-electron chi connectivity index (χ3n) is 2.66. The second-order valence-corrected chi connectivity index (χ2v) is 4.62. The van der Waals surface area contributed by atoms with E-state index in [0.29, 0.717) is 0 Å². The molecule has 0 aliphatic carbocycles. The average Bonchev–Trinajstić information content (AvgIpc) is 2.28. The first-order chi connectivity index (χ1) is 8.75. The second-order valence-electron chi connectivity index (χ2n) is 4.62.